The maximum absolute atomic E-state index is 11.9. The minimum Gasteiger partial charge on any atom is -0.343 e. The van der Waals surface area contributed by atoms with E-state index in [0.717, 1.165) is 25.9 Å². The normalized spacial score (nSPS) is 10.4. The van der Waals surface area contributed by atoms with Crippen LogP contribution in [0, 0.1) is 6.20 Å². The highest BCUT2D eigenvalue weighted by Crippen LogP contribution is 2.00. The van der Waals surface area contributed by atoms with Crippen LogP contribution in [0.1, 0.15) is 33.1 Å². The number of rotatable bonds is 7. The molecule has 4 nitrogen and oxygen atoms in total. The molecule has 0 aliphatic carbocycles. The van der Waals surface area contributed by atoms with E-state index in [1.54, 1.807) is 12.5 Å². The van der Waals surface area contributed by atoms with E-state index in [0.29, 0.717) is 13.0 Å². The number of aryl methyl sites for hydroxylation is 1. The SMILES string of the molecule is CCCN(CCC)C(=O)CCn1c[c]nc1. The summed E-state index contributed by atoms with van der Waals surface area (Å²) in [6.45, 7) is 6.62. The van der Waals surface area contributed by atoms with Crippen molar-refractivity contribution in [3.05, 3.63) is 18.7 Å². The van der Waals surface area contributed by atoms with Crippen LogP contribution in [0.15, 0.2) is 12.5 Å². The van der Waals surface area contributed by atoms with Gasteiger partial charge in [0.05, 0.1) is 6.33 Å². The van der Waals surface area contributed by atoms with Crippen LogP contribution < -0.4 is 0 Å². The molecule has 0 fully saturated rings. The lowest BCUT2D eigenvalue weighted by molar-refractivity contribution is -0.131. The second-order valence-corrected chi connectivity index (χ2v) is 3.87. The zero-order chi connectivity index (χ0) is 11.8. The highest BCUT2D eigenvalue weighted by atomic mass is 16.2. The molecule has 0 unspecified atom stereocenters. The molecule has 0 aromatic carbocycles. The van der Waals surface area contributed by atoms with Crippen LogP contribution in [0.3, 0.4) is 0 Å². The van der Waals surface area contributed by atoms with Crippen molar-refractivity contribution in [2.24, 2.45) is 0 Å². The Kier molecular flexibility index (Phi) is 5.61. The first-order valence-electron chi connectivity index (χ1n) is 5.93. The van der Waals surface area contributed by atoms with E-state index >= 15 is 0 Å². The number of aromatic nitrogens is 2. The molecule has 0 aliphatic rings. The zero-order valence-corrected chi connectivity index (χ0v) is 10.1. The summed E-state index contributed by atoms with van der Waals surface area (Å²) in [7, 11) is 0. The molecule has 0 N–H and O–H groups in total. The van der Waals surface area contributed by atoms with Crippen LogP contribution in [0.2, 0.25) is 0 Å². The van der Waals surface area contributed by atoms with Gasteiger partial charge in [-0.05, 0) is 12.8 Å². The third-order valence-corrected chi connectivity index (χ3v) is 2.43. The van der Waals surface area contributed by atoms with Crippen LogP contribution in [-0.2, 0) is 11.3 Å². The Morgan fingerprint density at radius 2 is 2.06 bits per heavy atom. The first-order chi connectivity index (χ1) is 7.77. The fourth-order valence-electron chi connectivity index (χ4n) is 1.65. The third-order valence-electron chi connectivity index (χ3n) is 2.43. The molecule has 0 bridgehead atoms. The maximum atomic E-state index is 11.9. The Labute approximate surface area is 97.3 Å². The number of amides is 1. The van der Waals surface area contributed by atoms with E-state index in [4.69, 9.17) is 0 Å². The first-order valence-corrected chi connectivity index (χ1v) is 5.93. The Balaban J connectivity index is 2.36. The Hall–Kier alpha value is -1.32. The number of imidazole rings is 1. The number of carbonyl (C=O) groups is 1. The standard InChI is InChI=1S/C12H20N3O/c1-3-7-15(8-4-2)12(16)5-9-14-10-6-13-11-14/h10-11H,3-5,7-9H2,1-2H3. The van der Waals surface area contributed by atoms with Crippen molar-refractivity contribution in [3.63, 3.8) is 0 Å². The second-order valence-electron chi connectivity index (χ2n) is 3.87. The summed E-state index contributed by atoms with van der Waals surface area (Å²) in [6, 6.07) is 0. The summed E-state index contributed by atoms with van der Waals surface area (Å²) < 4.78 is 1.88. The summed E-state index contributed by atoms with van der Waals surface area (Å²) in [5.41, 5.74) is 0. The number of hydrogen-bond acceptors (Lipinski definition) is 2. The molecule has 1 heterocycles. The quantitative estimate of drug-likeness (QED) is 0.704. The van der Waals surface area contributed by atoms with E-state index in [9.17, 15) is 4.79 Å². The highest BCUT2D eigenvalue weighted by Gasteiger charge is 2.10. The molecular weight excluding hydrogens is 202 g/mol. The van der Waals surface area contributed by atoms with Gasteiger partial charge in [0.2, 0.25) is 5.91 Å². The summed E-state index contributed by atoms with van der Waals surface area (Å²) in [5, 5.41) is 0. The van der Waals surface area contributed by atoms with E-state index in [1.807, 2.05) is 9.47 Å². The molecule has 0 atom stereocenters. The van der Waals surface area contributed by atoms with E-state index < -0.39 is 0 Å². The van der Waals surface area contributed by atoms with Crippen LogP contribution in [0.4, 0.5) is 0 Å². The minimum atomic E-state index is 0.234. The Morgan fingerprint density at radius 1 is 1.38 bits per heavy atom. The second kappa shape index (κ2) is 7.04. The van der Waals surface area contributed by atoms with Crippen molar-refractivity contribution in [3.8, 4) is 0 Å². The van der Waals surface area contributed by atoms with Crippen LogP contribution >= 0.6 is 0 Å². The molecular formula is C12H20N3O. The van der Waals surface area contributed by atoms with Crippen LogP contribution in [0.5, 0.6) is 0 Å². The topological polar surface area (TPSA) is 38.1 Å². The molecule has 89 valence electrons. The van der Waals surface area contributed by atoms with Gasteiger partial charge in [-0.15, -0.1) is 0 Å². The number of hydrogen-bond donors (Lipinski definition) is 0. The molecule has 16 heavy (non-hydrogen) atoms. The maximum Gasteiger partial charge on any atom is 0.224 e. The fraction of sp³-hybridized carbons (Fsp3) is 0.667. The van der Waals surface area contributed by atoms with Gasteiger partial charge in [-0.1, -0.05) is 13.8 Å². The predicted octanol–water partition coefficient (Wildman–Crippen LogP) is 1.72. The molecule has 0 saturated heterocycles. The minimum absolute atomic E-state index is 0.234. The average molecular weight is 222 g/mol. The average Bonchev–Trinajstić information content (AvgIpc) is 2.78. The van der Waals surface area contributed by atoms with Gasteiger partial charge in [0.25, 0.3) is 0 Å². The summed E-state index contributed by atoms with van der Waals surface area (Å²) >= 11 is 0. The Morgan fingerprint density at radius 3 is 2.56 bits per heavy atom. The Bertz CT molecular complexity index is 289. The molecule has 1 aromatic heterocycles. The summed E-state index contributed by atoms with van der Waals surface area (Å²) in [4.78, 5) is 17.7. The van der Waals surface area contributed by atoms with Crippen molar-refractivity contribution in [1.29, 1.82) is 0 Å². The highest BCUT2D eigenvalue weighted by molar-refractivity contribution is 5.76. The van der Waals surface area contributed by atoms with Gasteiger partial charge in [-0.25, -0.2) is 4.98 Å². The van der Waals surface area contributed by atoms with Gasteiger partial charge in [0, 0.05) is 32.3 Å². The van der Waals surface area contributed by atoms with Crippen molar-refractivity contribution >= 4 is 5.91 Å². The van der Waals surface area contributed by atoms with Crippen molar-refractivity contribution in [2.45, 2.75) is 39.7 Å². The fourth-order valence-corrected chi connectivity index (χ4v) is 1.65. The molecule has 4 heteroatoms. The molecule has 0 saturated carbocycles. The van der Waals surface area contributed by atoms with Gasteiger partial charge in [0.1, 0.15) is 6.20 Å². The predicted molar refractivity (Wildman–Crippen MR) is 62.8 cm³/mol. The number of nitrogens with zero attached hydrogens (tertiary/aromatic N) is 3. The van der Waals surface area contributed by atoms with Crippen molar-refractivity contribution in [1.82, 2.24) is 14.5 Å². The van der Waals surface area contributed by atoms with Gasteiger partial charge in [0.15, 0.2) is 0 Å². The van der Waals surface area contributed by atoms with Crippen LogP contribution in [0.25, 0.3) is 0 Å². The lowest BCUT2D eigenvalue weighted by atomic mass is 10.3. The molecule has 0 spiro atoms. The van der Waals surface area contributed by atoms with E-state index in [-0.39, 0.29) is 5.91 Å². The van der Waals surface area contributed by atoms with E-state index in [2.05, 4.69) is 25.0 Å². The lowest BCUT2D eigenvalue weighted by Crippen LogP contribution is -2.32. The number of carbonyl (C=O) groups excluding carboxylic acids is 1. The molecule has 1 radical (unpaired) electrons. The molecule has 1 aromatic rings. The first kappa shape index (κ1) is 12.7. The lowest BCUT2D eigenvalue weighted by Gasteiger charge is -2.21. The summed E-state index contributed by atoms with van der Waals surface area (Å²) in [6.07, 6.45) is 8.76. The summed E-state index contributed by atoms with van der Waals surface area (Å²) in [5.74, 6) is 0.234. The van der Waals surface area contributed by atoms with Gasteiger partial charge < -0.3 is 9.47 Å². The van der Waals surface area contributed by atoms with Crippen molar-refractivity contribution in [2.75, 3.05) is 13.1 Å². The zero-order valence-electron chi connectivity index (χ0n) is 10.1. The van der Waals surface area contributed by atoms with E-state index in [1.165, 1.54) is 0 Å². The third kappa shape index (κ3) is 4.04. The van der Waals surface area contributed by atoms with Gasteiger partial charge >= 0.3 is 0 Å². The molecule has 1 rings (SSSR count). The smallest absolute Gasteiger partial charge is 0.224 e. The van der Waals surface area contributed by atoms with Crippen molar-refractivity contribution < 1.29 is 4.79 Å². The molecule has 1 amide bonds. The van der Waals surface area contributed by atoms with Gasteiger partial charge in [-0.3, -0.25) is 4.79 Å². The monoisotopic (exact) mass is 222 g/mol. The molecule has 0 aliphatic heterocycles. The van der Waals surface area contributed by atoms with Gasteiger partial charge in [-0.2, -0.15) is 0 Å². The van der Waals surface area contributed by atoms with Crippen LogP contribution in [-0.4, -0.2) is 33.4 Å². The largest absolute Gasteiger partial charge is 0.343 e.